The monoisotopic (exact) mass is 420 g/mol. The number of fused-ring (bicyclic) bond motifs is 1. The van der Waals surface area contributed by atoms with E-state index in [0.717, 1.165) is 0 Å². The topological polar surface area (TPSA) is 75.0 Å². The largest absolute Gasteiger partial charge is 0.497 e. The molecule has 0 saturated heterocycles. The third kappa shape index (κ3) is 4.11. The molecule has 0 aliphatic carbocycles. The molecule has 1 heterocycles. The Balaban J connectivity index is 1.68. The van der Waals surface area contributed by atoms with Gasteiger partial charge in [-0.05, 0) is 54.6 Å². The second-order valence-electron chi connectivity index (χ2n) is 6.61. The summed E-state index contributed by atoms with van der Waals surface area (Å²) in [4.78, 5) is 24.9. The van der Waals surface area contributed by atoms with Crippen LogP contribution >= 0.6 is 0 Å². The fraction of sp³-hybridized carbons (Fsp3) is 0.0833. The number of ether oxygens (including phenoxy) is 3. The van der Waals surface area contributed by atoms with Gasteiger partial charge in [-0.15, -0.1) is 0 Å². The quantitative estimate of drug-likeness (QED) is 0.261. The van der Waals surface area contributed by atoms with Crippen molar-refractivity contribution < 1.29 is 27.8 Å². The Hall–Kier alpha value is -4.13. The van der Waals surface area contributed by atoms with Crippen LogP contribution in [0.15, 0.2) is 75.9 Å². The summed E-state index contributed by atoms with van der Waals surface area (Å²) in [6.07, 6.45) is 0. The van der Waals surface area contributed by atoms with E-state index < -0.39 is 17.4 Å². The first kappa shape index (κ1) is 20.2. The van der Waals surface area contributed by atoms with Crippen LogP contribution in [0, 0.1) is 5.82 Å². The summed E-state index contributed by atoms with van der Waals surface area (Å²) in [5.74, 6) is 0.156. The van der Waals surface area contributed by atoms with E-state index >= 15 is 0 Å². The molecule has 0 atom stereocenters. The van der Waals surface area contributed by atoms with Gasteiger partial charge in [-0.2, -0.15) is 0 Å². The van der Waals surface area contributed by atoms with Gasteiger partial charge in [0.1, 0.15) is 28.6 Å². The van der Waals surface area contributed by atoms with Gasteiger partial charge >= 0.3 is 11.6 Å². The predicted molar refractivity (Wildman–Crippen MR) is 112 cm³/mol. The van der Waals surface area contributed by atoms with Crippen LogP contribution in [0.5, 0.6) is 17.2 Å². The van der Waals surface area contributed by atoms with Crippen molar-refractivity contribution in [3.05, 3.63) is 88.5 Å². The van der Waals surface area contributed by atoms with Crippen LogP contribution in [0.25, 0.3) is 22.1 Å². The molecule has 0 fully saturated rings. The van der Waals surface area contributed by atoms with Gasteiger partial charge in [0, 0.05) is 23.1 Å². The van der Waals surface area contributed by atoms with Crippen molar-refractivity contribution in [2.45, 2.75) is 0 Å². The molecule has 1 aromatic heterocycles. The van der Waals surface area contributed by atoms with Crippen LogP contribution < -0.4 is 19.8 Å². The first-order valence-corrected chi connectivity index (χ1v) is 9.26. The highest BCUT2D eigenvalue weighted by molar-refractivity contribution is 5.92. The van der Waals surface area contributed by atoms with Crippen molar-refractivity contribution in [2.24, 2.45) is 0 Å². The number of benzene rings is 3. The second-order valence-corrected chi connectivity index (χ2v) is 6.61. The second kappa shape index (κ2) is 8.31. The molecule has 0 radical (unpaired) electrons. The maximum Gasteiger partial charge on any atom is 0.344 e. The van der Waals surface area contributed by atoms with Crippen LogP contribution in [0.3, 0.4) is 0 Å². The molecule has 0 bridgehead atoms. The fourth-order valence-corrected chi connectivity index (χ4v) is 3.12. The Morgan fingerprint density at radius 3 is 2.29 bits per heavy atom. The number of hydrogen-bond donors (Lipinski definition) is 0. The van der Waals surface area contributed by atoms with Gasteiger partial charge in [-0.3, -0.25) is 0 Å². The molecule has 0 unspecified atom stereocenters. The minimum atomic E-state index is -0.652. The first-order valence-electron chi connectivity index (χ1n) is 9.26. The van der Waals surface area contributed by atoms with E-state index in [1.165, 1.54) is 37.4 Å². The Labute approximate surface area is 176 Å². The molecule has 156 valence electrons. The Bertz CT molecular complexity index is 1320. The summed E-state index contributed by atoms with van der Waals surface area (Å²) >= 11 is 0. The van der Waals surface area contributed by atoms with E-state index in [9.17, 15) is 14.0 Å². The number of esters is 1. The number of methoxy groups -OCH3 is 2. The minimum absolute atomic E-state index is 0.194. The summed E-state index contributed by atoms with van der Waals surface area (Å²) in [7, 11) is 3.04. The van der Waals surface area contributed by atoms with Gasteiger partial charge in [-0.25, -0.2) is 14.0 Å². The standard InChI is InChI=1S/C24H17FO6/c1-28-17-9-10-19(22(12-17)29-2)20-11-15-5-8-18(13-21(15)31-24(20)27)30-23(26)14-3-6-16(25)7-4-14/h3-13H,1-2H3. The van der Waals surface area contributed by atoms with Crippen molar-refractivity contribution >= 4 is 16.9 Å². The molecule has 31 heavy (non-hydrogen) atoms. The average Bonchev–Trinajstić information content (AvgIpc) is 2.78. The van der Waals surface area contributed by atoms with Crippen molar-refractivity contribution in [3.63, 3.8) is 0 Å². The third-order valence-electron chi connectivity index (χ3n) is 4.70. The first-order chi connectivity index (χ1) is 15.0. The van der Waals surface area contributed by atoms with Gasteiger partial charge in [0.15, 0.2) is 0 Å². The zero-order valence-corrected chi connectivity index (χ0v) is 16.7. The van der Waals surface area contributed by atoms with E-state index in [1.807, 2.05) is 0 Å². The molecule has 0 aliphatic rings. The van der Waals surface area contributed by atoms with Crippen LogP contribution in [-0.2, 0) is 0 Å². The van der Waals surface area contributed by atoms with E-state index in [-0.39, 0.29) is 16.9 Å². The Kier molecular flexibility index (Phi) is 5.41. The summed E-state index contributed by atoms with van der Waals surface area (Å²) in [6.45, 7) is 0. The van der Waals surface area contributed by atoms with Crippen LogP contribution in [0.1, 0.15) is 10.4 Å². The number of hydrogen-bond acceptors (Lipinski definition) is 6. The lowest BCUT2D eigenvalue weighted by atomic mass is 10.0. The summed E-state index contributed by atoms with van der Waals surface area (Å²) < 4.78 is 34.4. The summed E-state index contributed by atoms with van der Waals surface area (Å²) in [5.41, 5.74) is 0.766. The number of halogens is 1. The third-order valence-corrected chi connectivity index (χ3v) is 4.70. The summed E-state index contributed by atoms with van der Waals surface area (Å²) in [5, 5.41) is 0.633. The zero-order valence-electron chi connectivity index (χ0n) is 16.7. The van der Waals surface area contributed by atoms with Crippen molar-refractivity contribution in [3.8, 4) is 28.4 Å². The smallest absolute Gasteiger partial charge is 0.344 e. The minimum Gasteiger partial charge on any atom is -0.497 e. The molecule has 4 aromatic rings. The molecule has 3 aromatic carbocycles. The molecule has 0 saturated carbocycles. The highest BCUT2D eigenvalue weighted by atomic mass is 19.1. The maximum absolute atomic E-state index is 13.0. The van der Waals surface area contributed by atoms with Gasteiger partial charge in [0.05, 0.1) is 25.3 Å². The summed E-state index contributed by atoms with van der Waals surface area (Å²) in [6, 6.07) is 16.5. The van der Waals surface area contributed by atoms with Crippen LogP contribution in [-0.4, -0.2) is 20.2 Å². The molecule has 0 N–H and O–H groups in total. The van der Waals surface area contributed by atoms with E-state index in [2.05, 4.69) is 0 Å². The molecule has 4 rings (SSSR count). The van der Waals surface area contributed by atoms with Crippen molar-refractivity contribution in [1.82, 2.24) is 0 Å². The molecule has 0 aliphatic heterocycles. The lowest BCUT2D eigenvalue weighted by Gasteiger charge is -2.10. The number of carbonyl (C=O) groups excluding carboxylic acids is 1. The fourth-order valence-electron chi connectivity index (χ4n) is 3.12. The Morgan fingerprint density at radius 2 is 1.58 bits per heavy atom. The van der Waals surface area contributed by atoms with E-state index in [0.29, 0.717) is 28.0 Å². The predicted octanol–water partition coefficient (Wildman–Crippen LogP) is 4.84. The highest BCUT2D eigenvalue weighted by Gasteiger charge is 2.15. The highest BCUT2D eigenvalue weighted by Crippen LogP contribution is 2.33. The molecule has 0 spiro atoms. The van der Waals surface area contributed by atoms with Gasteiger partial charge < -0.3 is 18.6 Å². The molecular formula is C24H17FO6. The zero-order chi connectivity index (χ0) is 22.0. The molecule has 0 amide bonds. The average molecular weight is 420 g/mol. The molecule has 6 nitrogen and oxygen atoms in total. The van der Waals surface area contributed by atoms with E-state index in [4.69, 9.17) is 18.6 Å². The number of rotatable bonds is 5. The lowest BCUT2D eigenvalue weighted by Crippen LogP contribution is -2.08. The normalized spacial score (nSPS) is 10.7. The van der Waals surface area contributed by atoms with E-state index in [1.54, 1.807) is 43.5 Å². The van der Waals surface area contributed by atoms with Gasteiger partial charge in [-0.1, -0.05) is 0 Å². The number of carbonyl (C=O) groups is 1. The van der Waals surface area contributed by atoms with Crippen LogP contribution in [0.2, 0.25) is 0 Å². The van der Waals surface area contributed by atoms with Gasteiger partial charge in [0.25, 0.3) is 0 Å². The Morgan fingerprint density at radius 1 is 0.839 bits per heavy atom. The molecular weight excluding hydrogens is 403 g/mol. The SMILES string of the molecule is COc1ccc(-c2cc3ccc(OC(=O)c4ccc(F)cc4)cc3oc2=O)c(OC)c1. The lowest BCUT2D eigenvalue weighted by molar-refractivity contribution is 0.0735. The van der Waals surface area contributed by atoms with Gasteiger partial charge in [0.2, 0.25) is 0 Å². The van der Waals surface area contributed by atoms with Crippen LogP contribution in [0.4, 0.5) is 4.39 Å². The molecule has 7 heteroatoms. The van der Waals surface area contributed by atoms with Crippen molar-refractivity contribution in [1.29, 1.82) is 0 Å². The maximum atomic E-state index is 13.0. The van der Waals surface area contributed by atoms with Crippen molar-refractivity contribution in [2.75, 3.05) is 14.2 Å².